The zero-order valence-electron chi connectivity index (χ0n) is 19.8. The van der Waals surface area contributed by atoms with Crippen LogP contribution in [0, 0.1) is 0 Å². The van der Waals surface area contributed by atoms with Gasteiger partial charge in [-0.1, -0.05) is 6.07 Å². The van der Waals surface area contributed by atoms with Crippen molar-refractivity contribution in [3.8, 4) is 0 Å². The minimum absolute atomic E-state index is 0.0476. The van der Waals surface area contributed by atoms with Gasteiger partial charge in [-0.05, 0) is 31.5 Å². The summed E-state index contributed by atoms with van der Waals surface area (Å²) in [6, 6.07) is 4.03. The summed E-state index contributed by atoms with van der Waals surface area (Å²) in [5.41, 5.74) is -1.07. The summed E-state index contributed by atoms with van der Waals surface area (Å²) in [5.74, 6) is -1.12. The predicted octanol–water partition coefficient (Wildman–Crippen LogP) is 1.40. The van der Waals surface area contributed by atoms with Crippen LogP contribution in [0.25, 0.3) is 0 Å². The van der Waals surface area contributed by atoms with E-state index < -0.39 is 17.6 Å². The van der Waals surface area contributed by atoms with Gasteiger partial charge in [-0.25, -0.2) is 4.79 Å². The van der Waals surface area contributed by atoms with Crippen LogP contribution in [0.1, 0.15) is 29.3 Å². The van der Waals surface area contributed by atoms with Crippen molar-refractivity contribution in [2.24, 2.45) is 0 Å². The highest BCUT2D eigenvalue weighted by Crippen LogP contribution is 2.29. The Morgan fingerprint density at radius 3 is 2.46 bits per heavy atom. The van der Waals surface area contributed by atoms with Crippen LogP contribution in [0.15, 0.2) is 24.3 Å². The van der Waals surface area contributed by atoms with E-state index in [1.165, 1.54) is 6.07 Å². The number of hydrogen-bond acceptors (Lipinski definition) is 6. The first kappa shape index (κ1) is 26.7. The van der Waals surface area contributed by atoms with Crippen LogP contribution >= 0.6 is 0 Å². The third-order valence-corrected chi connectivity index (χ3v) is 6.13. The Kier molecular flexibility index (Phi) is 9.33. The van der Waals surface area contributed by atoms with E-state index in [-0.39, 0.29) is 30.2 Å². The summed E-state index contributed by atoms with van der Waals surface area (Å²) in [7, 11) is 0. The van der Waals surface area contributed by atoms with Crippen LogP contribution in [0.5, 0.6) is 0 Å². The highest BCUT2D eigenvalue weighted by Gasteiger charge is 2.31. The van der Waals surface area contributed by atoms with Crippen molar-refractivity contribution in [2.45, 2.75) is 25.6 Å². The lowest BCUT2D eigenvalue weighted by Gasteiger charge is -2.34. The van der Waals surface area contributed by atoms with E-state index in [0.717, 1.165) is 57.3 Å². The van der Waals surface area contributed by atoms with Crippen LogP contribution in [0.3, 0.4) is 0 Å². The largest absolute Gasteiger partial charge is 0.450 e. The second kappa shape index (κ2) is 12.2. The lowest BCUT2D eigenvalue weighted by Crippen LogP contribution is -2.50. The van der Waals surface area contributed by atoms with Gasteiger partial charge in [0.1, 0.15) is 0 Å². The number of piperazine rings is 1. The number of alkyl halides is 3. The maximum Gasteiger partial charge on any atom is 0.416 e. The number of hydrogen-bond donors (Lipinski definition) is 2. The van der Waals surface area contributed by atoms with Gasteiger partial charge in [0.25, 0.3) is 5.91 Å². The Bertz CT molecular complexity index is 890. The first-order valence-electron chi connectivity index (χ1n) is 11.8. The van der Waals surface area contributed by atoms with Crippen molar-refractivity contribution in [1.29, 1.82) is 0 Å². The molecular formula is C23H32F3N5O4. The minimum atomic E-state index is -4.54. The number of amides is 3. The van der Waals surface area contributed by atoms with Crippen LogP contribution in [-0.2, 0) is 15.7 Å². The summed E-state index contributed by atoms with van der Waals surface area (Å²) >= 11 is 0. The molecule has 3 amide bonds. The molecule has 194 valence electrons. The van der Waals surface area contributed by atoms with Gasteiger partial charge in [0.15, 0.2) is 0 Å². The molecule has 2 aliphatic heterocycles. The third-order valence-electron chi connectivity index (χ3n) is 6.13. The van der Waals surface area contributed by atoms with Crippen molar-refractivity contribution in [1.82, 2.24) is 25.3 Å². The van der Waals surface area contributed by atoms with Gasteiger partial charge in [-0.2, -0.15) is 13.2 Å². The van der Waals surface area contributed by atoms with E-state index in [0.29, 0.717) is 26.2 Å². The molecule has 0 unspecified atom stereocenters. The van der Waals surface area contributed by atoms with E-state index in [1.54, 1.807) is 11.8 Å². The number of halogens is 3. The first-order valence-corrected chi connectivity index (χ1v) is 11.8. The van der Waals surface area contributed by atoms with Gasteiger partial charge in [0.2, 0.25) is 5.91 Å². The molecule has 1 aromatic carbocycles. The average molecular weight is 500 g/mol. The highest BCUT2D eigenvalue weighted by atomic mass is 19.4. The molecule has 0 aromatic heterocycles. The molecule has 2 fully saturated rings. The summed E-state index contributed by atoms with van der Waals surface area (Å²) in [6.07, 6.45) is -4.03. The van der Waals surface area contributed by atoms with Crippen molar-refractivity contribution >= 4 is 17.9 Å². The molecule has 2 N–H and O–H groups in total. The normalized spacial score (nSPS) is 19.4. The quantitative estimate of drug-likeness (QED) is 0.562. The summed E-state index contributed by atoms with van der Waals surface area (Å²) < 4.78 is 43.5. The molecule has 9 nitrogen and oxygen atoms in total. The second-order valence-corrected chi connectivity index (χ2v) is 8.64. The molecule has 0 saturated carbocycles. The molecule has 3 rings (SSSR count). The van der Waals surface area contributed by atoms with E-state index in [2.05, 4.69) is 20.4 Å². The molecule has 2 aliphatic rings. The molecule has 0 radical (unpaired) electrons. The fraction of sp³-hybridized carbons (Fsp3) is 0.609. The minimum Gasteiger partial charge on any atom is -0.450 e. The van der Waals surface area contributed by atoms with E-state index in [1.807, 2.05) is 0 Å². The molecule has 2 heterocycles. The Morgan fingerprint density at radius 1 is 1.06 bits per heavy atom. The fourth-order valence-electron chi connectivity index (χ4n) is 4.18. The molecule has 0 aliphatic carbocycles. The number of ether oxygens (including phenoxy) is 1. The zero-order valence-corrected chi connectivity index (χ0v) is 19.8. The summed E-state index contributed by atoms with van der Waals surface area (Å²) in [4.78, 5) is 42.4. The number of carbonyl (C=O) groups is 3. The SMILES string of the molecule is CCOC(=O)N1CCN(CCN2CC[C@@H](NC(=O)CNC(=O)c3cccc(C(F)(F)F)c3)C2)CC1. The van der Waals surface area contributed by atoms with Crippen molar-refractivity contribution in [2.75, 3.05) is 65.5 Å². The number of likely N-dealkylation sites (tertiary alicyclic amines) is 1. The lowest BCUT2D eigenvalue weighted by molar-refractivity contribution is -0.137. The van der Waals surface area contributed by atoms with E-state index in [9.17, 15) is 27.6 Å². The van der Waals surface area contributed by atoms with Crippen LogP contribution in [-0.4, -0.2) is 104 Å². The molecular weight excluding hydrogens is 467 g/mol. The Balaban J connectivity index is 1.33. The average Bonchev–Trinajstić information content (AvgIpc) is 3.28. The summed E-state index contributed by atoms with van der Waals surface area (Å²) in [6.45, 7) is 7.95. The number of rotatable bonds is 8. The molecule has 2 saturated heterocycles. The Labute approximate surface area is 202 Å². The monoisotopic (exact) mass is 499 g/mol. The lowest BCUT2D eigenvalue weighted by atomic mass is 10.1. The molecule has 35 heavy (non-hydrogen) atoms. The Morgan fingerprint density at radius 2 is 1.77 bits per heavy atom. The molecule has 0 bridgehead atoms. The maximum atomic E-state index is 12.8. The maximum absolute atomic E-state index is 12.8. The topological polar surface area (TPSA) is 94.2 Å². The van der Waals surface area contributed by atoms with Crippen LogP contribution in [0.2, 0.25) is 0 Å². The highest BCUT2D eigenvalue weighted by molar-refractivity contribution is 5.96. The van der Waals surface area contributed by atoms with Gasteiger partial charge >= 0.3 is 12.3 Å². The fourth-order valence-corrected chi connectivity index (χ4v) is 4.18. The zero-order chi connectivity index (χ0) is 25.4. The van der Waals surface area contributed by atoms with E-state index >= 15 is 0 Å². The van der Waals surface area contributed by atoms with Gasteiger partial charge in [-0.3, -0.25) is 19.4 Å². The van der Waals surface area contributed by atoms with Gasteiger partial charge in [0.05, 0.1) is 18.7 Å². The second-order valence-electron chi connectivity index (χ2n) is 8.64. The van der Waals surface area contributed by atoms with Crippen LogP contribution in [0.4, 0.5) is 18.0 Å². The smallest absolute Gasteiger partial charge is 0.416 e. The van der Waals surface area contributed by atoms with Crippen LogP contribution < -0.4 is 10.6 Å². The van der Waals surface area contributed by atoms with Crippen molar-refractivity contribution in [3.63, 3.8) is 0 Å². The number of benzene rings is 1. The number of nitrogens with one attached hydrogen (secondary N) is 2. The molecule has 1 aromatic rings. The third kappa shape index (κ3) is 8.10. The number of nitrogens with zero attached hydrogens (tertiary/aromatic N) is 3. The Hall–Kier alpha value is -2.86. The van der Waals surface area contributed by atoms with Crippen molar-refractivity contribution < 1.29 is 32.3 Å². The van der Waals surface area contributed by atoms with Crippen molar-refractivity contribution in [3.05, 3.63) is 35.4 Å². The van der Waals surface area contributed by atoms with Gasteiger partial charge in [0, 0.05) is 64.0 Å². The van der Waals surface area contributed by atoms with Gasteiger partial charge in [-0.15, -0.1) is 0 Å². The summed E-state index contributed by atoms with van der Waals surface area (Å²) in [5, 5.41) is 5.25. The first-order chi connectivity index (χ1) is 16.7. The number of carbonyl (C=O) groups excluding carboxylic acids is 3. The predicted molar refractivity (Wildman–Crippen MR) is 122 cm³/mol. The molecule has 0 spiro atoms. The molecule has 12 heteroatoms. The molecule has 1 atom stereocenters. The van der Waals surface area contributed by atoms with E-state index in [4.69, 9.17) is 4.74 Å². The van der Waals surface area contributed by atoms with Gasteiger partial charge < -0.3 is 20.3 Å². The standard InChI is InChI=1S/C23H32F3N5O4/c1-2-35-22(34)31-12-10-29(11-13-31)8-9-30-7-6-19(16-30)28-20(32)15-27-21(33)17-4-3-5-18(14-17)23(24,25)26/h3-5,14,19H,2,6-13,15-16H2,1H3,(H,27,33)(H,28,32)/t19-/m1/s1.